The van der Waals surface area contributed by atoms with Crippen molar-refractivity contribution in [3.63, 3.8) is 0 Å². The highest BCUT2D eigenvalue weighted by atomic mass is 16.6. The third kappa shape index (κ3) is 3.69. The molecule has 0 aliphatic carbocycles. The molecule has 0 saturated heterocycles. The van der Waals surface area contributed by atoms with Crippen molar-refractivity contribution in [1.82, 2.24) is 5.32 Å². The highest BCUT2D eigenvalue weighted by Crippen LogP contribution is 1.98. The zero-order valence-corrected chi connectivity index (χ0v) is 6.92. The number of nitrogens with one attached hydrogen (secondary N) is 1. The van der Waals surface area contributed by atoms with E-state index in [1.807, 2.05) is 0 Å². The molecule has 5 heteroatoms. The summed E-state index contributed by atoms with van der Waals surface area (Å²) < 4.78 is 4.66. The lowest BCUT2D eigenvalue weighted by Crippen LogP contribution is -2.53. The number of nitrogens with zero attached hydrogens (tertiary/aromatic N) is 1. The lowest BCUT2D eigenvalue weighted by molar-refractivity contribution is -0.158. The number of carbonyl (C=O) groups excluding carboxylic acids is 1. The number of rotatable bonds is 3. The van der Waals surface area contributed by atoms with Crippen LogP contribution in [0.4, 0.5) is 0 Å². The Kier molecular flexibility index (Phi) is 3.70. The number of aliphatic imine (C=N–C) groups is 1. The Morgan fingerprint density at radius 3 is 2.64 bits per heavy atom. The van der Waals surface area contributed by atoms with Crippen molar-refractivity contribution in [3.05, 3.63) is 0 Å². The van der Waals surface area contributed by atoms with Crippen molar-refractivity contribution in [2.45, 2.75) is 19.8 Å². The minimum atomic E-state index is -1.42. The van der Waals surface area contributed by atoms with Crippen LogP contribution in [0.3, 0.4) is 0 Å². The van der Waals surface area contributed by atoms with Gasteiger partial charge in [0.25, 0.3) is 0 Å². The molecule has 0 heterocycles. The van der Waals surface area contributed by atoms with Gasteiger partial charge in [-0.1, -0.05) is 0 Å². The molecule has 1 unspecified atom stereocenters. The zero-order chi connectivity index (χ0) is 8.91. The minimum absolute atomic E-state index is 0.479. The second kappa shape index (κ2) is 4.05. The van der Waals surface area contributed by atoms with E-state index in [0.29, 0.717) is 0 Å². The number of carbonyl (C=O) groups is 1. The second-order valence-corrected chi connectivity index (χ2v) is 1.93. The molecule has 0 rings (SSSR count). The summed E-state index contributed by atoms with van der Waals surface area (Å²) in [5.41, 5.74) is 5.46. The largest absolute Gasteiger partial charge is 0.410 e. The summed E-state index contributed by atoms with van der Waals surface area (Å²) in [6.45, 7) is 2.95. The average molecular weight is 159 g/mol. The van der Waals surface area contributed by atoms with E-state index < -0.39 is 11.9 Å². The zero-order valence-electron chi connectivity index (χ0n) is 6.92. The Morgan fingerprint density at radius 1 is 1.82 bits per heavy atom. The van der Waals surface area contributed by atoms with Crippen LogP contribution in [0.15, 0.2) is 4.99 Å². The van der Waals surface area contributed by atoms with Crippen molar-refractivity contribution in [1.29, 1.82) is 0 Å². The molecule has 0 saturated carbocycles. The van der Waals surface area contributed by atoms with Crippen molar-refractivity contribution in [3.8, 4) is 0 Å². The maximum Gasteiger partial charge on any atom is 0.320 e. The topological polar surface area (TPSA) is 76.7 Å². The van der Waals surface area contributed by atoms with Crippen molar-refractivity contribution >= 4 is 12.2 Å². The van der Waals surface area contributed by atoms with Crippen molar-refractivity contribution < 1.29 is 9.53 Å². The average Bonchev–Trinajstić information content (AvgIpc) is 1.87. The molecule has 0 spiro atoms. The third-order valence-electron chi connectivity index (χ3n) is 0.978. The Balaban J connectivity index is 4.21. The first kappa shape index (κ1) is 10.1. The molecule has 0 aromatic rings. The smallest absolute Gasteiger partial charge is 0.320 e. The molecule has 1 atom stereocenters. The van der Waals surface area contributed by atoms with Gasteiger partial charge in [0.2, 0.25) is 0 Å². The molecule has 0 radical (unpaired) electrons. The van der Waals surface area contributed by atoms with E-state index in [4.69, 9.17) is 5.73 Å². The van der Waals surface area contributed by atoms with Crippen LogP contribution in [0.5, 0.6) is 0 Å². The maximum atomic E-state index is 10.5. The first-order valence-corrected chi connectivity index (χ1v) is 3.21. The molecule has 0 fully saturated rings. The van der Waals surface area contributed by atoms with Crippen LogP contribution in [0.25, 0.3) is 0 Å². The van der Waals surface area contributed by atoms with Crippen LogP contribution >= 0.6 is 0 Å². The van der Waals surface area contributed by atoms with Crippen LogP contribution in [0.2, 0.25) is 0 Å². The van der Waals surface area contributed by atoms with Gasteiger partial charge in [0.05, 0.1) is 0 Å². The van der Waals surface area contributed by atoms with Gasteiger partial charge in [-0.25, -0.2) is 10.3 Å². The summed E-state index contributed by atoms with van der Waals surface area (Å²) in [6.07, 6.45) is 1.46. The minimum Gasteiger partial charge on any atom is -0.410 e. The summed E-state index contributed by atoms with van der Waals surface area (Å²) in [5.74, 6) is -1.90. The van der Waals surface area contributed by atoms with Crippen LogP contribution in [-0.2, 0) is 9.53 Å². The molecule has 64 valence electrons. The predicted molar refractivity (Wildman–Crippen MR) is 41.9 cm³/mol. The van der Waals surface area contributed by atoms with Crippen LogP contribution < -0.4 is 11.1 Å². The fraction of sp³-hybridized carbons (Fsp3) is 0.667. The van der Waals surface area contributed by atoms with E-state index in [1.54, 1.807) is 14.0 Å². The number of hydrogen-bond acceptors (Lipinski definition) is 5. The molecule has 3 N–H and O–H groups in total. The van der Waals surface area contributed by atoms with Crippen molar-refractivity contribution in [2.24, 2.45) is 10.7 Å². The third-order valence-corrected chi connectivity index (χ3v) is 0.978. The standard InChI is InChI=1S/C6H13N3O2/c1-4-9-6(7,8-3)11-5(2)10/h4,8H,7H2,1-3H3. The van der Waals surface area contributed by atoms with Gasteiger partial charge in [0.1, 0.15) is 0 Å². The highest BCUT2D eigenvalue weighted by Gasteiger charge is 2.23. The van der Waals surface area contributed by atoms with E-state index in [-0.39, 0.29) is 0 Å². The Hall–Kier alpha value is -0.940. The van der Waals surface area contributed by atoms with Crippen molar-refractivity contribution in [2.75, 3.05) is 7.05 Å². The predicted octanol–water partition coefficient (Wildman–Crippen LogP) is -0.570. The first-order valence-electron chi connectivity index (χ1n) is 3.21. The summed E-state index contributed by atoms with van der Waals surface area (Å²) in [7, 11) is 1.55. The maximum absolute atomic E-state index is 10.5. The second-order valence-electron chi connectivity index (χ2n) is 1.93. The van der Waals surface area contributed by atoms with Crippen LogP contribution in [0.1, 0.15) is 13.8 Å². The molecule has 11 heavy (non-hydrogen) atoms. The van der Waals surface area contributed by atoms with Gasteiger partial charge >= 0.3 is 11.9 Å². The molecular formula is C6H13N3O2. The normalized spacial score (nSPS) is 16.4. The molecule has 0 aliphatic rings. The van der Waals surface area contributed by atoms with Gasteiger partial charge in [-0.05, 0) is 14.0 Å². The fourth-order valence-corrected chi connectivity index (χ4v) is 0.553. The van der Waals surface area contributed by atoms with Gasteiger partial charge < -0.3 is 4.74 Å². The summed E-state index contributed by atoms with van der Waals surface area (Å²) in [4.78, 5) is 14.2. The van der Waals surface area contributed by atoms with E-state index in [9.17, 15) is 4.79 Å². The Labute approximate surface area is 65.6 Å². The van der Waals surface area contributed by atoms with Crippen LogP contribution in [0, 0.1) is 0 Å². The first-order chi connectivity index (χ1) is 5.04. The molecule has 0 bridgehead atoms. The quantitative estimate of drug-likeness (QED) is 0.328. The summed E-state index contributed by atoms with van der Waals surface area (Å²) in [6, 6.07) is 0. The SMILES string of the molecule is CC=NC(N)(NC)OC(C)=O. The summed E-state index contributed by atoms with van der Waals surface area (Å²) >= 11 is 0. The molecule has 0 amide bonds. The van der Waals surface area contributed by atoms with Crippen LogP contribution in [-0.4, -0.2) is 25.2 Å². The number of esters is 1. The Bertz CT molecular complexity index is 169. The van der Waals surface area contributed by atoms with E-state index in [0.717, 1.165) is 0 Å². The van der Waals surface area contributed by atoms with E-state index in [2.05, 4.69) is 15.0 Å². The number of nitrogens with two attached hydrogens (primary N) is 1. The lowest BCUT2D eigenvalue weighted by atomic mass is 10.7. The molecule has 0 aromatic carbocycles. The molecule has 5 nitrogen and oxygen atoms in total. The Morgan fingerprint density at radius 2 is 2.36 bits per heavy atom. The van der Waals surface area contributed by atoms with Gasteiger partial charge in [-0.15, -0.1) is 0 Å². The lowest BCUT2D eigenvalue weighted by Gasteiger charge is -2.22. The summed E-state index contributed by atoms with van der Waals surface area (Å²) in [5, 5.41) is 2.55. The van der Waals surface area contributed by atoms with Gasteiger partial charge in [0, 0.05) is 13.1 Å². The van der Waals surface area contributed by atoms with E-state index in [1.165, 1.54) is 13.1 Å². The van der Waals surface area contributed by atoms with Gasteiger partial charge in [-0.2, -0.15) is 0 Å². The monoisotopic (exact) mass is 159 g/mol. The number of ether oxygens (including phenoxy) is 1. The number of hydrogen-bond donors (Lipinski definition) is 2. The highest BCUT2D eigenvalue weighted by molar-refractivity contribution is 5.66. The molecular weight excluding hydrogens is 146 g/mol. The van der Waals surface area contributed by atoms with Gasteiger partial charge in [0.15, 0.2) is 0 Å². The molecule has 0 aromatic heterocycles. The molecule has 0 aliphatic heterocycles. The van der Waals surface area contributed by atoms with Gasteiger partial charge in [-0.3, -0.25) is 10.5 Å². The van der Waals surface area contributed by atoms with E-state index >= 15 is 0 Å². The fourth-order valence-electron chi connectivity index (χ4n) is 0.553.